The standard InChI is InChI=1S/C14H16N2O2S/c1-9-3-5-11(6-4-9)7-12-10(2)15-14(19-12)16-13(18)8-17/h3-6,17H,7-8H2,1-2H3,(H,15,16,18). The second-order valence-corrected chi connectivity index (χ2v) is 5.48. The first-order chi connectivity index (χ1) is 9.08. The number of amides is 1. The van der Waals surface area contributed by atoms with Crippen LogP contribution in [0.15, 0.2) is 24.3 Å². The number of carbonyl (C=O) groups is 1. The molecule has 0 saturated heterocycles. The van der Waals surface area contributed by atoms with Crippen LogP contribution in [0.25, 0.3) is 0 Å². The van der Waals surface area contributed by atoms with Crippen LogP contribution in [0.4, 0.5) is 5.13 Å². The Balaban J connectivity index is 2.12. The monoisotopic (exact) mass is 276 g/mol. The summed E-state index contributed by atoms with van der Waals surface area (Å²) in [6.07, 6.45) is 0.804. The Kier molecular flexibility index (Phi) is 4.29. The summed E-state index contributed by atoms with van der Waals surface area (Å²) in [5.41, 5.74) is 3.37. The summed E-state index contributed by atoms with van der Waals surface area (Å²) in [5, 5.41) is 11.8. The number of aliphatic hydroxyl groups is 1. The average molecular weight is 276 g/mol. The molecule has 4 nitrogen and oxygen atoms in total. The molecule has 0 aliphatic rings. The Morgan fingerprint density at radius 3 is 2.63 bits per heavy atom. The van der Waals surface area contributed by atoms with Gasteiger partial charge in [-0.25, -0.2) is 4.98 Å². The van der Waals surface area contributed by atoms with Crippen LogP contribution in [0.3, 0.4) is 0 Å². The minimum Gasteiger partial charge on any atom is -0.387 e. The Morgan fingerprint density at radius 1 is 1.32 bits per heavy atom. The maximum atomic E-state index is 11.1. The number of nitrogens with zero attached hydrogens (tertiary/aromatic N) is 1. The number of anilines is 1. The number of benzene rings is 1. The van der Waals surface area contributed by atoms with E-state index in [2.05, 4.69) is 41.5 Å². The van der Waals surface area contributed by atoms with Crippen LogP contribution >= 0.6 is 11.3 Å². The van der Waals surface area contributed by atoms with Crippen LogP contribution in [-0.2, 0) is 11.2 Å². The number of thiazole rings is 1. The molecule has 2 aromatic rings. The van der Waals surface area contributed by atoms with Gasteiger partial charge < -0.3 is 5.11 Å². The fourth-order valence-electron chi connectivity index (χ4n) is 1.70. The second kappa shape index (κ2) is 5.95. The van der Waals surface area contributed by atoms with Crippen molar-refractivity contribution in [1.29, 1.82) is 0 Å². The van der Waals surface area contributed by atoms with E-state index in [1.807, 2.05) is 6.92 Å². The molecule has 0 spiro atoms. The molecule has 1 heterocycles. The highest BCUT2D eigenvalue weighted by Gasteiger charge is 2.10. The first-order valence-corrected chi connectivity index (χ1v) is 6.82. The van der Waals surface area contributed by atoms with Crippen molar-refractivity contribution in [3.63, 3.8) is 0 Å². The minimum absolute atomic E-state index is 0.435. The molecule has 0 aliphatic carbocycles. The predicted molar refractivity (Wildman–Crippen MR) is 76.6 cm³/mol. The number of hydrogen-bond acceptors (Lipinski definition) is 4. The number of aliphatic hydroxyl groups excluding tert-OH is 1. The van der Waals surface area contributed by atoms with E-state index in [9.17, 15) is 4.79 Å². The summed E-state index contributed by atoms with van der Waals surface area (Å²) in [6, 6.07) is 8.36. The summed E-state index contributed by atoms with van der Waals surface area (Å²) in [7, 11) is 0. The molecule has 0 bridgehead atoms. The summed E-state index contributed by atoms with van der Waals surface area (Å²) >= 11 is 1.45. The summed E-state index contributed by atoms with van der Waals surface area (Å²) in [5.74, 6) is -0.435. The first kappa shape index (κ1) is 13.7. The van der Waals surface area contributed by atoms with Crippen molar-refractivity contribution in [1.82, 2.24) is 4.98 Å². The van der Waals surface area contributed by atoms with Crippen molar-refractivity contribution in [3.05, 3.63) is 46.0 Å². The van der Waals surface area contributed by atoms with Gasteiger partial charge in [-0.3, -0.25) is 10.1 Å². The number of nitrogens with one attached hydrogen (secondary N) is 1. The molecular formula is C14H16N2O2S. The highest BCUT2D eigenvalue weighted by molar-refractivity contribution is 7.15. The van der Waals surface area contributed by atoms with Gasteiger partial charge in [0.25, 0.3) is 5.91 Å². The highest BCUT2D eigenvalue weighted by Crippen LogP contribution is 2.25. The zero-order valence-corrected chi connectivity index (χ0v) is 11.8. The summed E-state index contributed by atoms with van der Waals surface area (Å²) in [4.78, 5) is 16.5. The van der Waals surface area contributed by atoms with Gasteiger partial charge in [0.1, 0.15) is 6.61 Å². The van der Waals surface area contributed by atoms with Crippen LogP contribution in [0.1, 0.15) is 21.7 Å². The molecule has 0 fully saturated rings. The molecule has 1 aromatic carbocycles. The Labute approximate surface area is 116 Å². The molecule has 19 heavy (non-hydrogen) atoms. The fraction of sp³-hybridized carbons (Fsp3) is 0.286. The molecule has 2 N–H and O–H groups in total. The number of aromatic nitrogens is 1. The normalized spacial score (nSPS) is 10.5. The van der Waals surface area contributed by atoms with E-state index in [0.717, 1.165) is 17.0 Å². The number of aryl methyl sites for hydroxylation is 2. The molecule has 1 aromatic heterocycles. The lowest BCUT2D eigenvalue weighted by Gasteiger charge is -2.00. The van der Waals surface area contributed by atoms with Crippen LogP contribution in [-0.4, -0.2) is 22.6 Å². The van der Waals surface area contributed by atoms with Crippen molar-refractivity contribution in [3.8, 4) is 0 Å². The van der Waals surface area contributed by atoms with E-state index < -0.39 is 12.5 Å². The molecule has 2 rings (SSSR count). The van der Waals surface area contributed by atoms with Crippen molar-refractivity contribution >= 4 is 22.4 Å². The van der Waals surface area contributed by atoms with Gasteiger partial charge in [0.2, 0.25) is 0 Å². The van der Waals surface area contributed by atoms with E-state index in [0.29, 0.717) is 5.13 Å². The average Bonchev–Trinajstić information content (AvgIpc) is 2.72. The van der Waals surface area contributed by atoms with E-state index in [4.69, 9.17) is 5.11 Å². The van der Waals surface area contributed by atoms with Crippen molar-refractivity contribution in [2.24, 2.45) is 0 Å². The molecule has 5 heteroatoms. The van der Waals surface area contributed by atoms with Gasteiger partial charge in [0.15, 0.2) is 5.13 Å². The molecular weight excluding hydrogens is 260 g/mol. The maximum absolute atomic E-state index is 11.1. The smallest absolute Gasteiger partial charge is 0.251 e. The number of rotatable bonds is 4. The van der Waals surface area contributed by atoms with Gasteiger partial charge in [-0.2, -0.15) is 0 Å². The van der Waals surface area contributed by atoms with Crippen molar-refractivity contribution in [2.45, 2.75) is 20.3 Å². The van der Waals surface area contributed by atoms with Gasteiger partial charge in [-0.1, -0.05) is 29.8 Å². The van der Waals surface area contributed by atoms with Gasteiger partial charge in [0, 0.05) is 11.3 Å². The quantitative estimate of drug-likeness (QED) is 0.900. The Bertz CT molecular complexity index is 576. The van der Waals surface area contributed by atoms with Crippen molar-refractivity contribution in [2.75, 3.05) is 11.9 Å². The lowest BCUT2D eigenvalue weighted by atomic mass is 10.1. The fourth-order valence-corrected chi connectivity index (χ4v) is 2.71. The van der Waals surface area contributed by atoms with Crippen LogP contribution in [0.2, 0.25) is 0 Å². The lowest BCUT2D eigenvalue weighted by Crippen LogP contribution is -2.15. The summed E-state index contributed by atoms with van der Waals surface area (Å²) in [6.45, 7) is 3.46. The molecule has 100 valence electrons. The highest BCUT2D eigenvalue weighted by atomic mass is 32.1. The molecule has 0 aliphatic heterocycles. The molecule has 0 saturated carbocycles. The van der Waals surface area contributed by atoms with Crippen LogP contribution in [0.5, 0.6) is 0 Å². The van der Waals surface area contributed by atoms with Gasteiger partial charge in [0.05, 0.1) is 5.69 Å². The lowest BCUT2D eigenvalue weighted by molar-refractivity contribution is -0.118. The zero-order chi connectivity index (χ0) is 13.8. The third-order valence-corrected chi connectivity index (χ3v) is 3.84. The molecule has 0 unspecified atom stereocenters. The SMILES string of the molecule is Cc1ccc(Cc2sc(NC(=O)CO)nc2C)cc1. The topological polar surface area (TPSA) is 62.2 Å². The van der Waals surface area contributed by atoms with E-state index in [1.165, 1.54) is 22.5 Å². The van der Waals surface area contributed by atoms with Gasteiger partial charge in [-0.05, 0) is 19.4 Å². The maximum Gasteiger partial charge on any atom is 0.251 e. The summed E-state index contributed by atoms with van der Waals surface area (Å²) < 4.78 is 0. The second-order valence-electron chi connectivity index (χ2n) is 4.40. The third-order valence-electron chi connectivity index (χ3n) is 2.77. The number of carbonyl (C=O) groups excluding carboxylic acids is 1. The predicted octanol–water partition coefficient (Wildman–Crippen LogP) is 2.28. The number of hydrogen-bond donors (Lipinski definition) is 2. The molecule has 0 radical (unpaired) electrons. The Hall–Kier alpha value is -1.72. The van der Waals surface area contributed by atoms with E-state index >= 15 is 0 Å². The van der Waals surface area contributed by atoms with E-state index in [-0.39, 0.29) is 0 Å². The minimum atomic E-state index is -0.522. The molecule has 1 amide bonds. The van der Waals surface area contributed by atoms with Gasteiger partial charge in [-0.15, -0.1) is 11.3 Å². The largest absolute Gasteiger partial charge is 0.387 e. The molecule has 0 atom stereocenters. The third kappa shape index (κ3) is 3.62. The zero-order valence-electron chi connectivity index (χ0n) is 10.9. The Morgan fingerprint density at radius 2 is 2.00 bits per heavy atom. The van der Waals surface area contributed by atoms with Crippen LogP contribution in [0, 0.1) is 13.8 Å². The van der Waals surface area contributed by atoms with Gasteiger partial charge >= 0.3 is 0 Å². The van der Waals surface area contributed by atoms with Crippen molar-refractivity contribution < 1.29 is 9.90 Å². The first-order valence-electron chi connectivity index (χ1n) is 6.01. The van der Waals surface area contributed by atoms with E-state index in [1.54, 1.807) is 0 Å². The van der Waals surface area contributed by atoms with Crippen LogP contribution < -0.4 is 5.32 Å².